The first-order valence-electron chi connectivity index (χ1n) is 18.3. The number of halogens is 8. The summed E-state index contributed by atoms with van der Waals surface area (Å²) in [7, 11) is 2.76. The van der Waals surface area contributed by atoms with Crippen molar-refractivity contribution >= 4 is 58.2 Å². The zero-order chi connectivity index (χ0) is 43.2. The number of carbonyl (C=O) groups excluding carboxylic acids is 4. The Morgan fingerprint density at radius 2 is 1.45 bits per heavy atom. The number of amides is 4. The number of anilines is 2. The highest BCUT2D eigenvalue weighted by atomic mass is 35.5. The molecule has 0 spiro atoms. The van der Waals surface area contributed by atoms with E-state index in [0.29, 0.717) is 33.9 Å². The summed E-state index contributed by atoms with van der Waals surface area (Å²) in [5, 5.41) is 12.3. The van der Waals surface area contributed by atoms with Crippen LogP contribution in [0.15, 0.2) is 90.5 Å². The molecule has 60 heavy (non-hydrogen) atoms. The number of carbonyl (C=O) groups is 4. The fourth-order valence-corrected chi connectivity index (χ4v) is 9.88. The lowest BCUT2D eigenvalue weighted by Crippen LogP contribution is -2.53. The first-order chi connectivity index (χ1) is 28.3. The maximum absolute atomic E-state index is 15.4. The smallest absolute Gasteiger partial charge is 0.416 e. The summed E-state index contributed by atoms with van der Waals surface area (Å²) in [6.07, 6.45) is -9.36. The Balaban J connectivity index is 1.32. The first kappa shape index (κ1) is 41.0. The monoisotopic (exact) mass is 873 g/mol. The molecule has 2 saturated heterocycles. The quantitative estimate of drug-likeness (QED) is 0.107. The van der Waals surface area contributed by atoms with Gasteiger partial charge in [0.1, 0.15) is 5.75 Å². The molecule has 0 radical (unpaired) electrons. The van der Waals surface area contributed by atoms with Gasteiger partial charge in [-0.05, 0) is 90.6 Å². The topological polar surface area (TPSA) is 125 Å². The molecule has 6 atom stereocenters. The highest BCUT2D eigenvalue weighted by Crippen LogP contribution is 2.64. The SMILES string of the molecule is COc1ccc(C23C(=O)N(Nc4ccc(Cl)cc4Cl)C(=O)C2CC2C(=CCC4C(=O)N(c5cc(C(F)(F)F)cc(C(F)(F)F)c5)C(=O)C42)C3c2ccc(OC)c(O)c2)cc1. The van der Waals surface area contributed by atoms with Gasteiger partial charge in [-0.25, -0.2) is 4.90 Å². The van der Waals surface area contributed by atoms with E-state index in [1.807, 2.05) is 0 Å². The van der Waals surface area contributed by atoms with Crippen molar-refractivity contribution in [1.82, 2.24) is 5.01 Å². The second kappa shape index (κ2) is 14.5. The molecule has 2 aliphatic carbocycles. The summed E-state index contributed by atoms with van der Waals surface area (Å²) in [6, 6.07) is 15.6. The molecule has 0 bridgehead atoms. The van der Waals surface area contributed by atoms with E-state index < -0.39 is 87.8 Å². The van der Waals surface area contributed by atoms with Crippen molar-refractivity contribution in [3.63, 3.8) is 0 Å². The molecule has 0 aromatic heterocycles. The third kappa shape index (κ3) is 6.33. The summed E-state index contributed by atoms with van der Waals surface area (Å²) < 4.78 is 94.4. The van der Waals surface area contributed by atoms with Crippen LogP contribution in [0.1, 0.15) is 41.0 Å². The summed E-state index contributed by atoms with van der Waals surface area (Å²) in [6.45, 7) is 0. The maximum Gasteiger partial charge on any atom is 0.416 e. The molecule has 2 aliphatic heterocycles. The molecular formula is C42H31Cl2F6N3O7. The molecule has 4 aromatic carbocycles. The highest BCUT2D eigenvalue weighted by Gasteiger charge is 2.70. The van der Waals surface area contributed by atoms with Crippen molar-refractivity contribution < 1.29 is 60.1 Å². The number of aromatic hydroxyl groups is 1. The summed E-state index contributed by atoms with van der Waals surface area (Å²) >= 11 is 12.6. The van der Waals surface area contributed by atoms with Gasteiger partial charge in [-0.1, -0.05) is 53.1 Å². The zero-order valence-electron chi connectivity index (χ0n) is 31.2. The number of phenolic OH excluding ortho intramolecular Hbond substituents is 1. The molecule has 4 aliphatic rings. The van der Waals surface area contributed by atoms with Crippen LogP contribution in [-0.4, -0.2) is 48.0 Å². The van der Waals surface area contributed by atoms with Crippen molar-refractivity contribution in [2.45, 2.75) is 36.5 Å². The minimum atomic E-state index is -5.26. The number of nitrogens with one attached hydrogen (secondary N) is 1. The third-order valence-electron chi connectivity index (χ3n) is 11.9. The Morgan fingerprint density at radius 1 is 0.783 bits per heavy atom. The number of hydrogen-bond donors (Lipinski definition) is 2. The second-order valence-corrected chi connectivity index (χ2v) is 15.8. The average Bonchev–Trinajstić information content (AvgIpc) is 3.58. The van der Waals surface area contributed by atoms with Gasteiger partial charge in [0.15, 0.2) is 11.5 Å². The zero-order valence-corrected chi connectivity index (χ0v) is 32.7. The second-order valence-electron chi connectivity index (χ2n) is 14.9. The van der Waals surface area contributed by atoms with Gasteiger partial charge in [0.2, 0.25) is 11.8 Å². The van der Waals surface area contributed by atoms with Gasteiger partial charge in [-0.2, -0.15) is 31.4 Å². The van der Waals surface area contributed by atoms with Crippen LogP contribution in [0.2, 0.25) is 10.0 Å². The van der Waals surface area contributed by atoms with E-state index in [4.69, 9.17) is 32.7 Å². The summed E-state index contributed by atoms with van der Waals surface area (Å²) in [4.78, 5) is 59.4. The molecule has 8 rings (SSSR count). The molecule has 6 unspecified atom stereocenters. The number of allylic oxidation sites excluding steroid dienone is 2. The lowest BCUT2D eigenvalue weighted by Gasteiger charge is -2.50. The van der Waals surface area contributed by atoms with Crippen molar-refractivity contribution in [2.24, 2.45) is 23.7 Å². The number of alkyl halides is 6. The predicted molar refractivity (Wildman–Crippen MR) is 204 cm³/mol. The number of rotatable bonds is 7. The van der Waals surface area contributed by atoms with Crippen LogP contribution < -0.4 is 19.8 Å². The number of imide groups is 2. The van der Waals surface area contributed by atoms with Crippen LogP contribution in [0.5, 0.6) is 17.2 Å². The maximum atomic E-state index is 15.4. The van der Waals surface area contributed by atoms with Gasteiger partial charge in [0.25, 0.3) is 11.8 Å². The van der Waals surface area contributed by atoms with E-state index in [-0.39, 0.29) is 51.7 Å². The number of phenols is 1. The molecule has 4 amide bonds. The van der Waals surface area contributed by atoms with Gasteiger partial charge in [-0.15, -0.1) is 0 Å². The largest absolute Gasteiger partial charge is 0.504 e. The average molecular weight is 875 g/mol. The number of nitrogens with zero attached hydrogens (tertiary/aromatic N) is 2. The van der Waals surface area contributed by atoms with E-state index in [0.717, 1.165) is 5.01 Å². The van der Waals surface area contributed by atoms with Crippen LogP contribution in [0.4, 0.5) is 37.7 Å². The molecule has 18 heteroatoms. The lowest BCUT2D eigenvalue weighted by molar-refractivity contribution is -0.143. The lowest BCUT2D eigenvalue weighted by atomic mass is 9.49. The van der Waals surface area contributed by atoms with Crippen LogP contribution in [0, 0.1) is 23.7 Å². The van der Waals surface area contributed by atoms with Gasteiger partial charge >= 0.3 is 12.4 Å². The molecule has 3 fully saturated rings. The van der Waals surface area contributed by atoms with Gasteiger partial charge < -0.3 is 14.6 Å². The fourth-order valence-electron chi connectivity index (χ4n) is 9.43. The Hall–Kier alpha value is -5.74. The summed E-state index contributed by atoms with van der Waals surface area (Å²) in [5.41, 5.74) is -2.20. The van der Waals surface area contributed by atoms with Crippen molar-refractivity contribution in [2.75, 3.05) is 24.5 Å². The number of benzene rings is 4. The minimum Gasteiger partial charge on any atom is -0.504 e. The van der Waals surface area contributed by atoms with E-state index in [9.17, 15) is 45.8 Å². The number of hydrogen-bond acceptors (Lipinski definition) is 8. The number of ether oxygens (including phenoxy) is 2. The Morgan fingerprint density at radius 3 is 2.03 bits per heavy atom. The summed E-state index contributed by atoms with van der Waals surface area (Å²) in [5.74, 6) is -9.64. The predicted octanol–water partition coefficient (Wildman–Crippen LogP) is 8.94. The molecule has 10 nitrogen and oxygen atoms in total. The standard InChI is InChI=1S/C42H31Cl2F6N3O7/c1-59-25-7-4-20(5-8-25)40-29(37(56)53(39(40)58)51-31-11-6-23(43)17-30(31)44)18-28-26(35(40)19-3-12-33(60-2)32(54)13-19)9-10-27-34(28)38(57)52(36(27)55)24-15-21(41(45,46)47)14-22(16-24)42(48,49)50/h3-9,11-17,27-29,34-35,51,54H,10,18H2,1-2H3. The highest BCUT2D eigenvalue weighted by molar-refractivity contribution is 6.36. The van der Waals surface area contributed by atoms with E-state index >= 15 is 4.79 Å². The molecule has 312 valence electrons. The minimum absolute atomic E-state index is 0.0609. The Bertz CT molecular complexity index is 2480. The number of hydrazine groups is 1. The van der Waals surface area contributed by atoms with E-state index in [2.05, 4.69) is 5.43 Å². The van der Waals surface area contributed by atoms with Crippen LogP contribution in [-0.2, 0) is 36.9 Å². The third-order valence-corrected chi connectivity index (χ3v) is 12.5. The Kier molecular flexibility index (Phi) is 9.89. The van der Waals surface area contributed by atoms with Crippen LogP contribution >= 0.6 is 23.2 Å². The van der Waals surface area contributed by atoms with Crippen LogP contribution in [0.3, 0.4) is 0 Å². The molecule has 1 saturated carbocycles. The van der Waals surface area contributed by atoms with E-state index in [1.54, 1.807) is 36.4 Å². The van der Waals surface area contributed by atoms with Gasteiger partial charge in [-0.3, -0.25) is 24.6 Å². The van der Waals surface area contributed by atoms with E-state index in [1.165, 1.54) is 44.6 Å². The molecular weight excluding hydrogens is 843 g/mol. The first-order valence-corrected chi connectivity index (χ1v) is 19.1. The molecule has 4 aromatic rings. The number of fused-ring (bicyclic) bond motifs is 4. The van der Waals surface area contributed by atoms with Crippen LogP contribution in [0.25, 0.3) is 0 Å². The van der Waals surface area contributed by atoms with Gasteiger partial charge in [0.05, 0.1) is 64.9 Å². The van der Waals surface area contributed by atoms with Crippen molar-refractivity contribution in [3.8, 4) is 17.2 Å². The van der Waals surface area contributed by atoms with Gasteiger partial charge in [0, 0.05) is 10.9 Å². The molecule has 2 heterocycles. The van der Waals surface area contributed by atoms with Crippen molar-refractivity contribution in [3.05, 3.63) is 123 Å². The number of methoxy groups -OCH3 is 2. The fraction of sp³-hybridized carbons (Fsp3) is 0.286. The normalized spacial score (nSPS) is 25.2. The van der Waals surface area contributed by atoms with Crippen molar-refractivity contribution in [1.29, 1.82) is 0 Å². The molecule has 2 N–H and O–H groups in total. The Labute approximate surface area is 347 Å².